The normalized spacial score (nSPS) is 10.4. The lowest BCUT2D eigenvalue weighted by Gasteiger charge is -2.09. The number of nitrogens with one attached hydrogen (secondary N) is 1. The lowest BCUT2D eigenvalue weighted by atomic mass is 10.1. The topological polar surface area (TPSA) is 92.2 Å². The van der Waals surface area contributed by atoms with Crippen molar-refractivity contribution in [3.05, 3.63) is 52.6 Å². The van der Waals surface area contributed by atoms with Gasteiger partial charge in [-0.3, -0.25) is 9.59 Å². The van der Waals surface area contributed by atoms with Crippen LogP contribution in [0.1, 0.15) is 34.2 Å². The second-order valence-electron chi connectivity index (χ2n) is 5.03. The summed E-state index contributed by atoms with van der Waals surface area (Å²) < 4.78 is 13.8. The number of aromatic nitrogens is 2. The molecule has 0 bridgehead atoms. The maximum Gasteiger partial charge on any atom is 0.307 e. The van der Waals surface area contributed by atoms with Crippen LogP contribution in [0.5, 0.6) is 0 Å². The Balaban J connectivity index is 2.22. The highest BCUT2D eigenvalue weighted by Crippen LogP contribution is 2.17. The van der Waals surface area contributed by atoms with Gasteiger partial charge in [-0.25, -0.2) is 4.39 Å². The van der Waals surface area contributed by atoms with E-state index < -0.39 is 24.1 Å². The number of carbonyl (C=O) groups excluding carboxylic acids is 1. The quantitative estimate of drug-likeness (QED) is 0.883. The molecule has 7 heteroatoms. The molecule has 1 aromatic carbocycles. The van der Waals surface area contributed by atoms with Crippen LogP contribution < -0.4 is 5.32 Å². The van der Waals surface area contributed by atoms with Crippen LogP contribution in [0.2, 0.25) is 0 Å². The van der Waals surface area contributed by atoms with Gasteiger partial charge in [0, 0.05) is 5.69 Å². The average molecular weight is 317 g/mol. The Hall–Kier alpha value is -2.83. The van der Waals surface area contributed by atoms with Crippen LogP contribution in [-0.2, 0) is 17.6 Å². The van der Waals surface area contributed by atoms with Crippen molar-refractivity contribution in [3.63, 3.8) is 0 Å². The first-order chi connectivity index (χ1) is 10.9. The van der Waals surface area contributed by atoms with E-state index in [0.717, 1.165) is 6.07 Å². The molecule has 0 fully saturated rings. The molecule has 0 saturated heterocycles. The first kappa shape index (κ1) is 16.5. The first-order valence-electron chi connectivity index (χ1n) is 7.05. The van der Waals surface area contributed by atoms with E-state index in [0.29, 0.717) is 23.4 Å². The van der Waals surface area contributed by atoms with Crippen molar-refractivity contribution < 1.29 is 19.1 Å². The molecule has 2 N–H and O–H groups in total. The van der Waals surface area contributed by atoms with Crippen molar-refractivity contribution in [3.8, 4) is 0 Å². The van der Waals surface area contributed by atoms with Crippen molar-refractivity contribution in [2.24, 2.45) is 0 Å². The third-order valence-electron chi connectivity index (χ3n) is 3.22. The molecule has 1 heterocycles. The molecule has 0 aliphatic rings. The SMILES string of the molecule is CCc1nnc(C)cc1C(=O)Nc1ccc(CC(=O)O)c(F)c1. The van der Waals surface area contributed by atoms with Gasteiger partial charge in [-0.15, -0.1) is 0 Å². The third-order valence-corrected chi connectivity index (χ3v) is 3.22. The summed E-state index contributed by atoms with van der Waals surface area (Å²) in [5.41, 5.74) is 1.85. The first-order valence-corrected chi connectivity index (χ1v) is 7.05. The Bertz CT molecular complexity index is 762. The molecular weight excluding hydrogens is 301 g/mol. The Morgan fingerprint density at radius 1 is 1.26 bits per heavy atom. The average Bonchev–Trinajstić information content (AvgIpc) is 2.49. The van der Waals surface area contributed by atoms with E-state index in [-0.39, 0.29) is 11.3 Å². The molecule has 23 heavy (non-hydrogen) atoms. The van der Waals surface area contributed by atoms with E-state index >= 15 is 0 Å². The molecule has 2 aromatic rings. The Kier molecular flexibility index (Phi) is 5.00. The van der Waals surface area contributed by atoms with E-state index in [1.807, 2.05) is 6.92 Å². The zero-order valence-electron chi connectivity index (χ0n) is 12.8. The van der Waals surface area contributed by atoms with Crippen LogP contribution >= 0.6 is 0 Å². The summed E-state index contributed by atoms with van der Waals surface area (Å²) >= 11 is 0. The molecular formula is C16H16FN3O3. The molecule has 0 aliphatic heterocycles. The van der Waals surface area contributed by atoms with Crippen LogP contribution in [0, 0.1) is 12.7 Å². The van der Waals surface area contributed by atoms with Crippen molar-refractivity contribution in [1.29, 1.82) is 0 Å². The van der Waals surface area contributed by atoms with E-state index in [1.54, 1.807) is 13.0 Å². The number of anilines is 1. The summed E-state index contributed by atoms with van der Waals surface area (Å²) in [6.45, 7) is 3.58. The highest BCUT2D eigenvalue weighted by Gasteiger charge is 2.14. The van der Waals surface area contributed by atoms with Gasteiger partial charge in [-0.1, -0.05) is 13.0 Å². The molecule has 0 saturated carbocycles. The zero-order chi connectivity index (χ0) is 17.0. The number of carboxylic acids is 1. The fourth-order valence-electron chi connectivity index (χ4n) is 2.10. The smallest absolute Gasteiger partial charge is 0.307 e. The minimum Gasteiger partial charge on any atom is -0.481 e. The van der Waals surface area contributed by atoms with Crippen LogP contribution in [0.15, 0.2) is 24.3 Å². The predicted octanol–water partition coefficient (Wildman–Crippen LogP) is 2.37. The number of carboxylic acid groups (broad SMARTS) is 1. The molecule has 0 unspecified atom stereocenters. The minimum atomic E-state index is -1.12. The van der Waals surface area contributed by atoms with Crippen LogP contribution in [0.4, 0.5) is 10.1 Å². The molecule has 0 aliphatic carbocycles. The van der Waals surface area contributed by atoms with Gasteiger partial charge in [-0.2, -0.15) is 10.2 Å². The highest BCUT2D eigenvalue weighted by atomic mass is 19.1. The van der Waals surface area contributed by atoms with Gasteiger partial charge in [-0.05, 0) is 37.1 Å². The third kappa shape index (κ3) is 4.09. The maximum atomic E-state index is 13.8. The summed E-state index contributed by atoms with van der Waals surface area (Å²) in [5, 5.41) is 19.2. The largest absolute Gasteiger partial charge is 0.481 e. The fraction of sp³-hybridized carbons (Fsp3) is 0.250. The van der Waals surface area contributed by atoms with Gasteiger partial charge in [0.05, 0.1) is 23.4 Å². The Labute approximate surface area is 132 Å². The molecule has 6 nitrogen and oxygen atoms in total. The number of rotatable bonds is 5. The van der Waals surface area contributed by atoms with Gasteiger partial charge in [0.15, 0.2) is 0 Å². The number of benzene rings is 1. The molecule has 0 atom stereocenters. The van der Waals surface area contributed by atoms with Crippen molar-refractivity contribution in [2.45, 2.75) is 26.7 Å². The summed E-state index contributed by atoms with van der Waals surface area (Å²) in [7, 11) is 0. The van der Waals surface area contributed by atoms with E-state index in [9.17, 15) is 14.0 Å². The Morgan fingerprint density at radius 3 is 2.61 bits per heavy atom. The molecule has 1 amide bonds. The number of amides is 1. The van der Waals surface area contributed by atoms with Gasteiger partial charge in [0.25, 0.3) is 5.91 Å². The standard InChI is InChI=1S/C16H16FN3O3/c1-3-14-12(6-9(2)19-20-14)16(23)18-11-5-4-10(7-15(21)22)13(17)8-11/h4-6,8H,3,7H2,1-2H3,(H,18,23)(H,21,22). The van der Waals surface area contributed by atoms with Crippen molar-refractivity contribution >= 4 is 17.6 Å². The molecule has 0 spiro atoms. The summed E-state index contributed by atoms with van der Waals surface area (Å²) in [5.74, 6) is -2.21. The van der Waals surface area contributed by atoms with Crippen molar-refractivity contribution in [1.82, 2.24) is 10.2 Å². The van der Waals surface area contributed by atoms with E-state index in [1.165, 1.54) is 12.1 Å². The predicted molar refractivity (Wildman–Crippen MR) is 81.8 cm³/mol. The van der Waals surface area contributed by atoms with E-state index in [2.05, 4.69) is 15.5 Å². The second kappa shape index (κ2) is 6.95. The van der Waals surface area contributed by atoms with Gasteiger partial charge in [0.2, 0.25) is 0 Å². The van der Waals surface area contributed by atoms with Gasteiger partial charge < -0.3 is 10.4 Å². The molecule has 120 valence electrons. The molecule has 1 aromatic heterocycles. The summed E-state index contributed by atoms with van der Waals surface area (Å²) in [6, 6.07) is 5.53. The fourth-order valence-corrected chi connectivity index (χ4v) is 2.10. The van der Waals surface area contributed by atoms with Gasteiger partial charge >= 0.3 is 5.97 Å². The van der Waals surface area contributed by atoms with Crippen LogP contribution in [0.25, 0.3) is 0 Å². The lowest BCUT2D eigenvalue weighted by Crippen LogP contribution is -2.16. The number of carbonyl (C=O) groups is 2. The summed E-state index contributed by atoms with van der Waals surface area (Å²) in [4.78, 5) is 22.9. The number of nitrogens with zero attached hydrogens (tertiary/aromatic N) is 2. The van der Waals surface area contributed by atoms with Crippen LogP contribution in [0.3, 0.4) is 0 Å². The van der Waals surface area contributed by atoms with Gasteiger partial charge in [0.1, 0.15) is 5.82 Å². The van der Waals surface area contributed by atoms with Crippen LogP contribution in [-0.4, -0.2) is 27.2 Å². The minimum absolute atomic E-state index is 0.0613. The Morgan fingerprint density at radius 2 is 2.00 bits per heavy atom. The molecule has 2 rings (SSSR count). The molecule has 0 radical (unpaired) electrons. The zero-order valence-corrected chi connectivity index (χ0v) is 12.8. The number of hydrogen-bond donors (Lipinski definition) is 2. The maximum absolute atomic E-state index is 13.8. The van der Waals surface area contributed by atoms with Crippen molar-refractivity contribution in [2.75, 3.05) is 5.32 Å². The highest BCUT2D eigenvalue weighted by molar-refractivity contribution is 6.05. The number of aliphatic carboxylic acids is 1. The number of aryl methyl sites for hydroxylation is 2. The van der Waals surface area contributed by atoms with E-state index in [4.69, 9.17) is 5.11 Å². The number of halogens is 1. The second-order valence-corrected chi connectivity index (χ2v) is 5.03. The lowest BCUT2D eigenvalue weighted by molar-refractivity contribution is -0.136. The number of hydrogen-bond acceptors (Lipinski definition) is 4. The summed E-state index contributed by atoms with van der Waals surface area (Å²) in [6.07, 6.45) is 0.134. The monoisotopic (exact) mass is 317 g/mol.